The summed E-state index contributed by atoms with van der Waals surface area (Å²) in [5.41, 5.74) is -0.824. The Labute approximate surface area is 412 Å². The number of aryl methyl sites for hydroxylation is 2. The molecule has 1 unspecified atom stereocenters. The molecule has 0 bridgehead atoms. The number of aromatic nitrogens is 6. The maximum atomic E-state index is 14.6. The molecule has 3 saturated heterocycles. The fourth-order valence-corrected chi connectivity index (χ4v) is 11.9. The third-order valence-electron chi connectivity index (χ3n) is 15.8. The van der Waals surface area contributed by atoms with Crippen LogP contribution in [0.25, 0.3) is 11.4 Å². The zero-order chi connectivity index (χ0) is 50.7. The molecular weight excluding hydrogens is 909 g/mol. The zero-order valence-corrected chi connectivity index (χ0v) is 43.9. The Bertz CT molecular complexity index is 2070. The van der Waals surface area contributed by atoms with Gasteiger partial charge < -0.3 is 64.0 Å². The van der Waals surface area contributed by atoms with Crippen LogP contribution in [0.1, 0.15) is 106 Å². The smallest absolute Gasteiger partial charge is 0.309 e. The molecule has 19 nitrogen and oxygen atoms in total. The molecule has 6 heterocycles. The Morgan fingerprint density at radius 1 is 1.00 bits per heavy atom. The van der Waals surface area contributed by atoms with Gasteiger partial charge in [0.1, 0.15) is 35.7 Å². The van der Waals surface area contributed by atoms with Crippen LogP contribution in [0.4, 0.5) is 0 Å². The van der Waals surface area contributed by atoms with Crippen LogP contribution in [0.2, 0.25) is 0 Å². The highest BCUT2D eigenvalue weighted by Gasteiger charge is 2.55. The number of esters is 1. The Morgan fingerprint density at radius 2 is 1.72 bits per heavy atom. The summed E-state index contributed by atoms with van der Waals surface area (Å²) >= 11 is 1.31. The number of ether oxygens (including phenoxy) is 5. The van der Waals surface area contributed by atoms with Gasteiger partial charge in [-0.15, -0.1) is 10.2 Å². The lowest BCUT2D eigenvalue weighted by Gasteiger charge is -2.51. The second kappa shape index (κ2) is 22.8. The number of carbonyl (C=O) groups excluding carboxylic acids is 1. The zero-order valence-electron chi connectivity index (χ0n) is 43.1. The molecule has 18 atom stereocenters. The molecule has 6 rings (SSSR count). The van der Waals surface area contributed by atoms with E-state index in [4.69, 9.17) is 23.7 Å². The SMILES string of the molecule is CC[C@H]1OC(=O)[C@H](C)[C@@H](C2C[C@@](C)(OC)[C@@H](O)[C@H](C)O2)[C@H](C)[C@@H](O[C@@H]2O[C@H](C)C[C@H](N(C)CCc3cn(CCc4ccc(-c5csnn5)[nH]4)nn3)[C@H]2O)[C@](C)(O)C[C@@H](C)CN(C)[C@H](C)[C@@H](O)[C@]1(C)O. The molecule has 3 aliphatic heterocycles. The van der Waals surface area contributed by atoms with Crippen molar-refractivity contribution in [2.24, 2.45) is 23.7 Å². The summed E-state index contributed by atoms with van der Waals surface area (Å²) < 4.78 is 38.0. The number of aliphatic hydroxyl groups is 5. The number of H-pyrrole nitrogens is 1. The van der Waals surface area contributed by atoms with E-state index in [0.717, 1.165) is 29.2 Å². The van der Waals surface area contributed by atoms with Crippen LogP contribution < -0.4 is 0 Å². The highest BCUT2D eigenvalue weighted by atomic mass is 32.1. The highest BCUT2D eigenvalue weighted by Crippen LogP contribution is 2.45. The number of rotatable bonds is 13. The minimum absolute atomic E-state index is 0.164. The number of hydrogen-bond donors (Lipinski definition) is 6. The molecule has 3 aromatic heterocycles. The van der Waals surface area contributed by atoms with Gasteiger partial charge in [-0.3, -0.25) is 9.48 Å². The lowest BCUT2D eigenvalue weighted by atomic mass is 9.68. The first-order valence-corrected chi connectivity index (χ1v) is 25.7. The highest BCUT2D eigenvalue weighted by molar-refractivity contribution is 7.03. The van der Waals surface area contributed by atoms with Gasteiger partial charge in [0.15, 0.2) is 6.29 Å². The average Bonchev–Trinajstić information content (AvgIpc) is 4.10. The first-order valence-electron chi connectivity index (χ1n) is 24.9. The fourth-order valence-electron chi connectivity index (χ4n) is 11.5. The predicted molar refractivity (Wildman–Crippen MR) is 259 cm³/mol. The van der Waals surface area contributed by atoms with Crippen molar-refractivity contribution in [2.45, 2.75) is 198 Å². The monoisotopic (exact) mass is 991 g/mol. The fraction of sp³-hybridized carbons (Fsp3) is 0.816. The minimum atomic E-state index is -1.81. The van der Waals surface area contributed by atoms with Gasteiger partial charge in [-0.1, -0.05) is 37.4 Å². The van der Waals surface area contributed by atoms with Gasteiger partial charge in [-0.25, -0.2) is 0 Å². The summed E-state index contributed by atoms with van der Waals surface area (Å²) in [6.07, 6.45) is -3.97. The number of methoxy groups -OCH3 is 1. The lowest BCUT2D eigenvalue weighted by molar-refractivity contribution is -0.302. The summed E-state index contributed by atoms with van der Waals surface area (Å²) in [4.78, 5) is 22.0. The Hall–Kier alpha value is -2.99. The van der Waals surface area contributed by atoms with Crippen LogP contribution >= 0.6 is 11.5 Å². The number of aromatic amines is 1. The van der Waals surface area contributed by atoms with Gasteiger partial charge in [-0.05, 0) is 110 Å². The molecule has 0 aromatic carbocycles. The van der Waals surface area contributed by atoms with Crippen molar-refractivity contribution in [2.75, 3.05) is 34.3 Å². The van der Waals surface area contributed by atoms with Crippen LogP contribution in [-0.2, 0) is 47.9 Å². The third kappa shape index (κ3) is 12.6. The molecule has 0 radical (unpaired) electrons. The van der Waals surface area contributed by atoms with Crippen LogP contribution in [0.3, 0.4) is 0 Å². The Morgan fingerprint density at radius 3 is 2.39 bits per heavy atom. The topological polar surface area (TPSA) is 243 Å². The van der Waals surface area contributed by atoms with Crippen molar-refractivity contribution < 1.29 is 54.0 Å². The van der Waals surface area contributed by atoms with E-state index in [9.17, 15) is 30.3 Å². The first kappa shape index (κ1) is 55.3. The molecule has 3 aromatic rings. The maximum absolute atomic E-state index is 14.6. The number of aliphatic hydroxyl groups excluding tert-OH is 3. The van der Waals surface area contributed by atoms with Gasteiger partial charge >= 0.3 is 5.97 Å². The molecule has 0 spiro atoms. The van der Waals surface area contributed by atoms with Crippen molar-refractivity contribution in [1.82, 2.24) is 39.4 Å². The standard InChI is InChI=1S/C49H82N8O11S/c1-14-39-49(10,63)42(59)31(6)56(12)24-27(2)22-47(8,62)44(29(4)40(30(5)45(61)67-39)38-23-48(9,64-13)43(60)32(7)66-38)68-46-41(58)37(21-28(3)65-46)55(11)19-17-34-25-57(53-51-34)20-18-33-15-16-35(50-33)36-26-69-54-52-36/h15-16,25-32,37-44,46,50,58-60,62-63H,14,17-24H2,1-13H3/t27-,28-,29+,30-,31-,32+,37+,38?,39-,40+,41-,42-,43+,44-,46+,47-,48-,49-/m1/s1. The van der Waals surface area contributed by atoms with E-state index in [2.05, 4.69) is 29.8 Å². The molecule has 3 aliphatic rings. The van der Waals surface area contributed by atoms with Crippen molar-refractivity contribution in [1.29, 1.82) is 0 Å². The van der Waals surface area contributed by atoms with Crippen LogP contribution in [0.15, 0.2) is 23.7 Å². The summed E-state index contributed by atoms with van der Waals surface area (Å²) in [7, 11) is 5.35. The molecule has 0 amide bonds. The summed E-state index contributed by atoms with van der Waals surface area (Å²) in [6.45, 7) is 19.6. The largest absolute Gasteiger partial charge is 0.459 e. The number of carbonyl (C=O) groups is 1. The maximum Gasteiger partial charge on any atom is 0.309 e. The minimum Gasteiger partial charge on any atom is -0.459 e. The quantitative estimate of drug-likeness (QED) is 0.134. The van der Waals surface area contributed by atoms with E-state index in [1.54, 1.807) is 27.7 Å². The van der Waals surface area contributed by atoms with E-state index in [0.29, 0.717) is 32.5 Å². The van der Waals surface area contributed by atoms with Gasteiger partial charge in [0.25, 0.3) is 0 Å². The van der Waals surface area contributed by atoms with Crippen molar-refractivity contribution in [3.05, 3.63) is 35.1 Å². The van der Waals surface area contributed by atoms with Crippen molar-refractivity contribution in [3.63, 3.8) is 0 Å². The van der Waals surface area contributed by atoms with E-state index in [1.807, 2.05) is 82.0 Å². The number of nitrogens with zero attached hydrogens (tertiary/aromatic N) is 7. The number of cyclic esters (lactones) is 1. The van der Waals surface area contributed by atoms with Crippen LogP contribution in [-0.4, -0.2) is 189 Å². The molecule has 20 heteroatoms. The van der Waals surface area contributed by atoms with Gasteiger partial charge in [-0.2, -0.15) is 0 Å². The van der Waals surface area contributed by atoms with Gasteiger partial charge in [0.2, 0.25) is 0 Å². The second-order valence-electron chi connectivity index (χ2n) is 21.4. The van der Waals surface area contributed by atoms with E-state index >= 15 is 0 Å². The number of nitrogens with one attached hydrogen (secondary N) is 1. The first-order chi connectivity index (χ1) is 32.4. The van der Waals surface area contributed by atoms with Crippen LogP contribution in [0.5, 0.6) is 0 Å². The molecule has 6 N–H and O–H groups in total. The molecule has 0 saturated carbocycles. The lowest BCUT2D eigenvalue weighted by Crippen LogP contribution is -2.62. The third-order valence-corrected chi connectivity index (χ3v) is 16.3. The van der Waals surface area contributed by atoms with Gasteiger partial charge in [0, 0.05) is 81.3 Å². The summed E-state index contributed by atoms with van der Waals surface area (Å²) in [6, 6.07) is 3.09. The molecule has 3 fully saturated rings. The summed E-state index contributed by atoms with van der Waals surface area (Å²) in [5, 5.41) is 74.9. The van der Waals surface area contributed by atoms with Crippen LogP contribution in [0, 0.1) is 23.7 Å². The second-order valence-corrected chi connectivity index (χ2v) is 22.0. The van der Waals surface area contributed by atoms with Crippen molar-refractivity contribution >= 4 is 17.5 Å². The Balaban J connectivity index is 1.25. The molecule has 0 aliphatic carbocycles. The molecule has 69 heavy (non-hydrogen) atoms. The van der Waals surface area contributed by atoms with E-state index < -0.39 is 95.6 Å². The van der Waals surface area contributed by atoms with E-state index in [1.165, 1.54) is 25.6 Å². The number of hydrogen-bond acceptors (Lipinski definition) is 18. The molecular formula is C49H82N8O11S. The molecule has 390 valence electrons. The summed E-state index contributed by atoms with van der Waals surface area (Å²) in [5.74, 6) is -3.10. The van der Waals surface area contributed by atoms with Gasteiger partial charge in [0.05, 0.1) is 52.9 Å². The predicted octanol–water partition coefficient (Wildman–Crippen LogP) is 3.47. The Kier molecular flexibility index (Phi) is 18.3. The van der Waals surface area contributed by atoms with E-state index in [-0.39, 0.29) is 37.3 Å². The van der Waals surface area contributed by atoms with Crippen molar-refractivity contribution in [3.8, 4) is 11.4 Å². The average molecular weight is 991 g/mol. The number of likely N-dealkylation sites (N-methyl/N-ethyl adjacent to an activating group) is 2. The normalized spacial score (nSPS) is 40.3.